The minimum atomic E-state index is -0.313. The summed E-state index contributed by atoms with van der Waals surface area (Å²) < 4.78 is 10.4. The number of nitrogens with two attached hydrogens (primary N) is 1. The number of benzene rings is 1. The molecule has 1 rings (SSSR count). The molecule has 0 aromatic heterocycles. The van der Waals surface area contributed by atoms with Gasteiger partial charge in [0.2, 0.25) is 0 Å². The summed E-state index contributed by atoms with van der Waals surface area (Å²) in [6, 6.07) is 7.13. The van der Waals surface area contributed by atoms with Gasteiger partial charge in [-0.3, -0.25) is 0 Å². The molecular formula is C12H19NO3. The number of hydrogen-bond acceptors (Lipinski definition) is 4. The Bertz CT molecular complexity index is 313. The Morgan fingerprint density at radius 2 is 2.00 bits per heavy atom. The summed E-state index contributed by atoms with van der Waals surface area (Å²) in [5.41, 5.74) is 6.71. The number of ether oxygens (including phenoxy) is 2. The molecule has 0 amide bonds. The summed E-state index contributed by atoms with van der Waals surface area (Å²) in [6.45, 7) is 0.474. The monoisotopic (exact) mass is 225 g/mol. The van der Waals surface area contributed by atoms with Gasteiger partial charge >= 0.3 is 0 Å². The van der Waals surface area contributed by atoms with Crippen molar-refractivity contribution < 1.29 is 14.6 Å². The molecule has 1 aromatic rings. The molecule has 1 atom stereocenters. The summed E-state index contributed by atoms with van der Waals surface area (Å²) in [4.78, 5) is 0. The molecule has 1 unspecified atom stereocenters. The van der Waals surface area contributed by atoms with Crippen LogP contribution in [0.25, 0.3) is 0 Å². The minimum Gasteiger partial charge on any atom is -0.508 e. The molecule has 0 aliphatic carbocycles. The lowest BCUT2D eigenvalue weighted by atomic mass is 9.98. The van der Waals surface area contributed by atoms with E-state index in [1.54, 1.807) is 26.4 Å². The quantitative estimate of drug-likeness (QED) is 0.712. The zero-order chi connectivity index (χ0) is 12.0. The minimum absolute atomic E-state index is 0.0804. The zero-order valence-electron chi connectivity index (χ0n) is 9.72. The third kappa shape index (κ3) is 3.48. The molecule has 4 nitrogen and oxygen atoms in total. The highest BCUT2D eigenvalue weighted by atomic mass is 16.7. The van der Waals surface area contributed by atoms with Gasteiger partial charge < -0.3 is 20.3 Å². The molecule has 0 saturated heterocycles. The van der Waals surface area contributed by atoms with Crippen molar-refractivity contribution in [2.45, 2.75) is 12.7 Å². The summed E-state index contributed by atoms with van der Waals surface area (Å²) in [7, 11) is 3.19. The fourth-order valence-electron chi connectivity index (χ4n) is 1.76. The predicted octanol–water partition coefficient (Wildman–Crippen LogP) is 1.13. The van der Waals surface area contributed by atoms with E-state index in [9.17, 15) is 5.11 Å². The van der Waals surface area contributed by atoms with Gasteiger partial charge in [-0.1, -0.05) is 12.1 Å². The Hall–Kier alpha value is -1.10. The standard InChI is InChI=1S/C12H19NO3/c1-15-12(16-2)10(8-13)6-9-4-3-5-11(14)7-9/h3-5,7,10,12,14H,6,8,13H2,1-2H3. The number of hydrogen-bond donors (Lipinski definition) is 2. The van der Waals surface area contributed by atoms with Gasteiger partial charge in [0.1, 0.15) is 5.75 Å². The van der Waals surface area contributed by atoms with Crippen LogP contribution in [0.1, 0.15) is 5.56 Å². The predicted molar refractivity (Wildman–Crippen MR) is 62.2 cm³/mol. The Kier molecular flexibility index (Phi) is 5.25. The molecule has 0 aliphatic heterocycles. The van der Waals surface area contributed by atoms with Crippen molar-refractivity contribution in [1.82, 2.24) is 0 Å². The Morgan fingerprint density at radius 1 is 1.31 bits per heavy atom. The lowest BCUT2D eigenvalue weighted by molar-refractivity contribution is -0.134. The molecular weight excluding hydrogens is 206 g/mol. The first kappa shape index (κ1) is 13.0. The van der Waals surface area contributed by atoms with E-state index in [2.05, 4.69) is 0 Å². The fraction of sp³-hybridized carbons (Fsp3) is 0.500. The number of phenolic OH excluding ortho intramolecular Hbond substituents is 1. The molecule has 0 saturated carbocycles. The lowest BCUT2D eigenvalue weighted by Crippen LogP contribution is -2.32. The lowest BCUT2D eigenvalue weighted by Gasteiger charge is -2.23. The molecule has 0 heterocycles. The van der Waals surface area contributed by atoms with E-state index in [0.717, 1.165) is 12.0 Å². The molecule has 0 radical (unpaired) electrons. The van der Waals surface area contributed by atoms with Crippen molar-refractivity contribution in [3.63, 3.8) is 0 Å². The van der Waals surface area contributed by atoms with E-state index >= 15 is 0 Å². The van der Waals surface area contributed by atoms with Crippen molar-refractivity contribution in [2.75, 3.05) is 20.8 Å². The maximum Gasteiger partial charge on any atom is 0.161 e. The topological polar surface area (TPSA) is 64.7 Å². The number of phenols is 1. The molecule has 0 aliphatic rings. The van der Waals surface area contributed by atoms with Crippen LogP contribution in [0.2, 0.25) is 0 Å². The van der Waals surface area contributed by atoms with Crippen LogP contribution in [0.5, 0.6) is 5.75 Å². The Balaban J connectivity index is 2.69. The highest BCUT2D eigenvalue weighted by molar-refractivity contribution is 5.27. The van der Waals surface area contributed by atoms with Crippen molar-refractivity contribution in [3.8, 4) is 5.75 Å². The van der Waals surface area contributed by atoms with Crippen molar-refractivity contribution in [1.29, 1.82) is 0 Å². The van der Waals surface area contributed by atoms with E-state index in [0.29, 0.717) is 6.54 Å². The first-order valence-electron chi connectivity index (χ1n) is 5.24. The van der Waals surface area contributed by atoms with E-state index in [4.69, 9.17) is 15.2 Å². The van der Waals surface area contributed by atoms with Crippen LogP contribution in [0, 0.1) is 5.92 Å². The maximum atomic E-state index is 9.36. The highest BCUT2D eigenvalue weighted by Gasteiger charge is 2.19. The number of aromatic hydroxyl groups is 1. The second-order valence-electron chi connectivity index (χ2n) is 3.71. The normalized spacial score (nSPS) is 13.0. The van der Waals surface area contributed by atoms with Crippen molar-refractivity contribution in [3.05, 3.63) is 29.8 Å². The van der Waals surface area contributed by atoms with Crippen LogP contribution in [0.15, 0.2) is 24.3 Å². The molecule has 90 valence electrons. The van der Waals surface area contributed by atoms with Gasteiger partial charge in [-0.15, -0.1) is 0 Å². The van der Waals surface area contributed by atoms with Gasteiger partial charge in [-0.05, 0) is 24.1 Å². The largest absolute Gasteiger partial charge is 0.508 e. The molecule has 0 fully saturated rings. The van der Waals surface area contributed by atoms with Gasteiger partial charge in [0.25, 0.3) is 0 Å². The van der Waals surface area contributed by atoms with Gasteiger partial charge in [-0.2, -0.15) is 0 Å². The van der Waals surface area contributed by atoms with Crippen LogP contribution >= 0.6 is 0 Å². The molecule has 1 aromatic carbocycles. The van der Waals surface area contributed by atoms with Gasteiger partial charge in [0.15, 0.2) is 6.29 Å². The van der Waals surface area contributed by atoms with Crippen molar-refractivity contribution >= 4 is 0 Å². The first-order valence-corrected chi connectivity index (χ1v) is 5.24. The van der Waals surface area contributed by atoms with E-state index < -0.39 is 0 Å². The second-order valence-corrected chi connectivity index (χ2v) is 3.71. The molecule has 4 heteroatoms. The molecule has 0 spiro atoms. The van der Waals surface area contributed by atoms with Crippen LogP contribution in [-0.2, 0) is 15.9 Å². The van der Waals surface area contributed by atoms with E-state index in [-0.39, 0.29) is 18.0 Å². The summed E-state index contributed by atoms with van der Waals surface area (Å²) >= 11 is 0. The molecule has 3 N–H and O–H groups in total. The fourth-order valence-corrected chi connectivity index (χ4v) is 1.76. The third-order valence-corrected chi connectivity index (χ3v) is 2.56. The van der Waals surface area contributed by atoms with Crippen molar-refractivity contribution in [2.24, 2.45) is 11.7 Å². The van der Waals surface area contributed by atoms with Crippen LogP contribution in [-0.4, -0.2) is 32.2 Å². The smallest absolute Gasteiger partial charge is 0.161 e. The number of methoxy groups -OCH3 is 2. The second kappa shape index (κ2) is 6.48. The summed E-state index contributed by atoms with van der Waals surface area (Å²) in [6.07, 6.45) is 0.407. The van der Waals surface area contributed by atoms with Crippen LogP contribution < -0.4 is 5.73 Å². The average Bonchev–Trinajstić information content (AvgIpc) is 2.29. The van der Waals surface area contributed by atoms with Gasteiger partial charge in [-0.25, -0.2) is 0 Å². The van der Waals surface area contributed by atoms with Gasteiger partial charge in [0.05, 0.1) is 0 Å². The summed E-state index contributed by atoms with van der Waals surface area (Å²) in [5.74, 6) is 0.344. The maximum absolute atomic E-state index is 9.36. The van der Waals surface area contributed by atoms with E-state index in [1.165, 1.54) is 0 Å². The summed E-state index contributed by atoms with van der Waals surface area (Å²) in [5, 5.41) is 9.36. The zero-order valence-corrected chi connectivity index (χ0v) is 9.72. The van der Waals surface area contributed by atoms with Crippen LogP contribution in [0.3, 0.4) is 0 Å². The van der Waals surface area contributed by atoms with E-state index in [1.807, 2.05) is 12.1 Å². The first-order chi connectivity index (χ1) is 7.71. The Morgan fingerprint density at radius 3 is 2.50 bits per heavy atom. The van der Waals surface area contributed by atoms with Crippen LogP contribution in [0.4, 0.5) is 0 Å². The SMILES string of the molecule is COC(OC)C(CN)Cc1cccc(O)c1. The van der Waals surface area contributed by atoms with Gasteiger partial charge in [0, 0.05) is 26.7 Å². The number of rotatable bonds is 6. The third-order valence-electron chi connectivity index (χ3n) is 2.56. The molecule has 0 bridgehead atoms. The average molecular weight is 225 g/mol. The Labute approximate surface area is 96.0 Å². The molecule has 16 heavy (non-hydrogen) atoms. The highest BCUT2D eigenvalue weighted by Crippen LogP contribution is 2.18.